The van der Waals surface area contributed by atoms with Crippen LogP contribution < -0.4 is 5.73 Å². The molecule has 2 aromatic carbocycles. The van der Waals surface area contributed by atoms with E-state index in [-0.39, 0.29) is 17.8 Å². The van der Waals surface area contributed by atoms with Crippen molar-refractivity contribution < 1.29 is 19.8 Å². The zero-order chi connectivity index (χ0) is 20.9. The maximum atomic E-state index is 11.7. The molecule has 0 heterocycles. The van der Waals surface area contributed by atoms with Crippen molar-refractivity contribution in [1.82, 2.24) is 0 Å². The third kappa shape index (κ3) is 4.85. The Kier molecular flexibility index (Phi) is 6.70. The van der Waals surface area contributed by atoms with Gasteiger partial charge in [-0.2, -0.15) is 0 Å². The van der Waals surface area contributed by atoms with Crippen molar-refractivity contribution in [2.24, 2.45) is 17.6 Å². The van der Waals surface area contributed by atoms with Gasteiger partial charge in [0, 0.05) is 5.41 Å². The summed E-state index contributed by atoms with van der Waals surface area (Å²) in [7, 11) is 0. The molecule has 154 valence electrons. The Bertz CT molecular complexity index is 772. The summed E-state index contributed by atoms with van der Waals surface area (Å²) in [6.07, 6.45) is 4.18. The minimum Gasteiger partial charge on any atom is -0.481 e. The van der Waals surface area contributed by atoms with Crippen LogP contribution in [0.2, 0.25) is 0 Å². The fraction of sp³-hybridized carbons (Fsp3) is 0.417. The van der Waals surface area contributed by atoms with Crippen molar-refractivity contribution in [2.75, 3.05) is 0 Å². The van der Waals surface area contributed by atoms with Crippen molar-refractivity contribution in [2.45, 2.75) is 50.0 Å². The van der Waals surface area contributed by atoms with Gasteiger partial charge < -0.3 is 15.9 Å². The number of hydrogen-bond donors (Lipinski definition) is 3. The fourth-order valence-corrected chi connectivity index (χ4v) is 4.77. The fourth-order valence-electron chi connectivity index (χ4n) is 4.77. The van der Waals surface area contributed by atoms with Crippen LogP contribution in [0.15, 0.2) is 60.7 Å². The molecule has 5 heteroatoms. The predicted octanol–water partition coefficient (Wildman–Crippen LogP) is 4.06. The maximum Gasteiger partial charge on any atom is 0.320 e. The second-order valence-electron chi connectivity index (χ2n) is 8.21. The normalized spacial score (nSPS) is 18.7. The highest BCUT2D eigenvalue weighted by Crippen LogP contribution is 2.47. The zero-order valence-corrected chi connectivity index (χ0v) is 16.5. The summed E-state index contributed by atoms with van der Waals surface area (Å²) in [5.74, 6) is -2.55. The molecule has 0 unspecified atom stereocenters. The lowest BCUT2D eigenvalue weighted by atomic mass is 9.62. The number of carboxylic acid groups (broad SMARTS) is 2. The van der Waals surface area contributed by atoms with Crippen molar-refractivity contribution >= 4 is 11.9 Å². The molecular weight excluding hydrogens is 366 g/mol. The van der Waals surface area contributed by atoms with Crippen LogP contribution in [-0.2, 0) is 15.0 Å². The molecule has 0 aromatic heterocycles. The molecule has 0 spiro atoms. The van der Waals surface area contributed by atoms with Gasteiger partial charge in [-0.25, -0.2) is 0 Å². The van der Waals surface area contributed by atoms with Crippen LogP contribution in [0, 0.1) is 11.8 Å². The molecule has 2 aromatic rings. The van der Waals surface area contributed by atoms with Gasteiger partial charge in [0.1, 0.15) is 6.04 Å². The van der Waals surface area contributed by atoms with Crippen molar-refractivity contribution in [1.29, 1.82) is 0 Å². The second kappa shape index (κ2) is 9.23. The summed E-state index contributed by atoms with van der Waals surface area (Å²) < 4.78 is 0. The molecule has 0 saturated heterocycles. The average molecular weight is 395 g/mol. The minimum atomic E-state index is -1.15. The molecule has 3 rings (SSSR count). The molecule has 0 amide bonds. The number of carboxylic acids is 2. The first-order valence-corrected chi connectivity index (χ1v) is 10.2. The molecule has 0 radical (unpaired) electrons. The number of carbonyl (C=O) groups is 2. The molecule has 0 aliphatic heterocycles. The number of nitrogens with two attached hydrogens (primary N) is 1. The van der Waals surface area contributed by atoms with Crippen LogP contribution >= 0.6 is 0 Å². The summed E-state index contributed by atoms with van der Waals surface area (Å²) in [5.41, 5.74) is 8.13. The van der Waals surface area contributed by atoms with Crippen LogP contribution in [0.1, 0.15) is 49.7 Å². The van der Waals surface area contributed by atoms with E-state index in [0.29, 0.717) is 6.42 Å². The number of rotatable bonds is 8. The molecule has 1 aliphatic rings. The topological polar surface area (TPSA) is 101 Å². The molecule has 4 N–H and O–H groups in total. The third-order valence-corrected chi connectivity index (χ3v) is 6.43. The quantitative estimate of drug-likeness (QED) is 0.626. The van der Waals surface area contributed by atoms with E-state index < -0.39 is 23.9 Å². The minimum absolute atomic E-state index is 0.0241. The largest absolute Gasteiger partial charge is 0.481 e. The van der Waals surface area contributed by atoms with Gasteiger partial charge in [-0.15, -0.1) is 0 Å². The van der Waals surface area contributed by atoms with E-state index in [2.05, 4.69) is 48.5 Å². The van der Waals surface area contributed by atoms with E-state index in [9.17, 15) is 14.7 Å². The predicted molar refractivity (Wildman–Crippen MR) is 112 cm³/mol. The molecule has 2 atom stereocenters. The van der Waals surface area contributed by atoms with Gasteiger partial charge in [0.25, 0.3) is 0 Å². The van der Waals surface area contributed by atoms with Crippen LogP contribution in [0.25, 0.3) is 0 Å². The molecule has 0 bridgehead atoms. The van der Waals surface area contributed by atoms with E-state index in [1.54, 1.807) is 0 Å². The van der Waals surface area contributed by atoms with E-state index in [0.717, 1.165) is 25.7 Å². The van der Waals surface area contributed by atoms with E-state index in [4.69, 9.17) is 10.8 Å². The first-order valence-electron chi connectivity index (χ1n) is 10.2. The number of benzene rings is 2. The van der Waals surface area contributed by atoms with Gasteiger partial charge in [-0.3, -0.25) is 9.59 Å². The number of aliphatic carboxylic acids is 2. The molecule has 1 aliphatic carbocycles. The Morgan fingerprint density at radius 3 is 1.79 bits per heavy atom. The Hall–Kier alpha value is -2.66. The van der Waals surface area contributed by atoms with E-state index in [1.165, 1.54) is 11.1 Å². The van der Waals surface area contributed by atoms with Crippen molar-refractivity contribution in [3.8, 4) is 0 Å². The van der Waals surface area contributed by atoms with Crippen molar-refractivity contribution in [3.63, 3.8) is 0 Å². The molecule has 5 nitrogen and oxygen atoms in total. The Balaban J connectivity index is 1.75. The molecular formula is C24H29NO4. The molecule has 1 saturated carbocycles. The van der Waals surface area contributed by atoms with Gasteiger partial charge in [-0.1, -0.05) is 60.7 Å². The Morgan fingerprint density at radius 1 is 0.897 bits per heavy atom. The second-order valence-corrected chi connectivity index (χ2v) is 8.21. The smallest absolute Gasteiger partial charge is 0.320 e. The van der Waals surface area contributed by atoms with Gasteiger partial charge in [-0.05, 0) is 55.6 Å². The lowest BCUT2D eigenvalue weighted by Gasteiger charge is -2.42. The van der Waals surface area contributed by atoms with Crippen molar-refractivity contribution in [3.05, 3.63) is 71.8 Å². The molecule has 1 fully saturated rings. The summed E-state index contributed by atoms with van der Waals surface area (Å²) in [6, 6.07) is 19.9. The van der Waals surface area contributed by atoms with E-state index in [1.807, 2.05) is 12.1 Å². The van der Waals surface area contributed by atoms with Crippen LogP contribution in [0.5, 0.6) is 0 Å². The SMILES string of the molecule is N[C@@H](C[C@H](CC1CCC(c2ccccc2)(c2ccccc2)CC1)C(=O)O)C(=O)O. The highest BCUT2D eigenvalue weighted by atomic mass is 16.4. The average Bonchev–Trinajstić information content (AvgIpc) is 2.75. The van der Waals surface area contributed by atoms with Crippen LogP contribution in [0.4, 0.5) is 0 Å². The Labute approximate surface area is 171 Å². The van der Waals surface area contributed by atoms with Gasteiger partial charge in [0.05, 0.1) is 5.92 Å². The summed E-state index contributed by atoms with van der Waals surface area (Å²) >= 11 is 0. The monoisotopic (exact) mass is 395 g/mol. The lowest BCUT2D eigenvalue weighted by Crippen LogP contribution is -2.37. The standard InChI is InChI=1S/C24H29NO4/c25-21(23(28)29)16-18(22(26)27)15-17-11-13-24(14-12-17,19-7-3-1-4-8-19)20-9-5-2-6-10-20/h1-10,17-18,21H,11-16,25H2,(H,26,27)(H,28,29)/t18-,21-/m0/s1. The molecule has 29 heavy (non-hydrogen) atoms. The maximum absolute atomic E-state index is 11.7. The Morgan fingerprint density at radius 2 is 1.38 bits per heavy atom. The van der Waals surface area contributed by atoms with Crippen LogP contribution in [0.3, 0.4) is 0 Å². The number of hydrogen-bond acceptors (Lipinski definition) is 3. The van der Waals surface area contributed by atoms with Crippen LogP contribution in [-0.4, -0.2) is 28.2 Å². The highest BCUT2D eigenvalue weighted by molar-refractivity contribution is 5.75. The highest BCUT2D eigenvalue weighted by Gasteiger charge is 2.39. The zero-order valence-electron chi connectivity index (χ0n) is 16.5. The van der Waals surface area contributed by atoms with Gasteiger partial charge in [0.15, 0.2) is 0 Å². The van der Waals surface area contributed by atoms with Gasteiger partial charge in [0.2, 0.25) is 0 Å². The first kappa shape index (κ1) is 21.1. The summed E-state index contributed by atoms with van der Waals surface area (Å²) in [5, 5.41) is 18.6. The lowest BCUT2D eigenvalue weighted by molar-refractivity contribution is -0.144. The third-order valence-electron chi connectivity index (χ3n) is 6.43. The first-order chi connectivity index (χ1) is 13.9. The van der Waals surface area contributed by atoms with Gasteiger partial charge >= 0.3 is 11.9 Å². The summed E-state index contributed by atoms with van der Waals surface area (Å²) in [4.78, 5) is 22.7. The van der Waals surface area contributed by atoms with E-state index >= 15 is 0 Å². The summed E-state index contributed by atoms with van der Waals surface area (Å²) in [6.45, 7) is 0.